The van der Waals surface area contributed by atoms with E-state index < -0.39 is 35.8 Å². The molecule has 0 heterocycles. The van der Waals surface area contributed by atoms with Gasteiger partial charge in [-0.15, -0.1) is 0 Å². The molecule has 0 aliphatic heterocycles. The Morgan fingerprint density at radius 3 is 2.11 bits per heavy atom. The number of hydrogen-bond acceptors (Lipinski definition) is 6. The van der Waals surface area contributed by atoms with Crippen LogP contribution in [-0.4, -0.2) is 51.1 Å². The first-order chi connectivity index (χ1) is 8.57. The maximum atomic E-state index is 11.7. The molecule has 0 spiro atoms. The first-order valence-corrected chi connectivity index (χ1v) is 6.03. The predicted octanol–water partition coefficient (Wildman–Crippen LogP) is -2.04. The zero-order valence-corrected chi connectivity index (χ0v) is 11.3. The van der Waals surface area contributed by atoms with Crippen LogP contribution in [0.4, 0.5) is 0 Å². The molecule has 1 amide bonds. The highest BCUT2D eigenvalue weighted by Gasteiger charge is 2.46. The fourth-order valence-electron chi connectivity index (χ4n) is 1.37. The number of rotatable bonds is 7. The summed E-state index contributed by atoms with van der Waals surface area (Å²) in [7, 11) is 0. The van der Waals surface area contributed by atoms with Crippen LogP contribution in [0.3, 0.4) is 0 Å². The Bertz CT molecular complexity index is 336. The number of amides is 1. The molecule has 0 aromatic rings. The smallest absolute Gasteiger partial charge is 0.347 e. The topological polar surface area (TPSA) is 159 Å². The van der Waals surface area contributed by atoms with E-state index in [1.165, 1.54) is 6.92 Å². The monoisotopic (exact) mass is 277 g/mol. The summed E-state index contributed by atoms with van der Waals surface area (Å²) >= 11 is 0. The molecule has 0 aromatic heterocycles. The zero-order chi connectivity index (χ0) is 15.4. The largest absolute Gasteiger partial charge is 0.478 e. The summed E-state index contributed by atoms with van der Waals surface area (Å²) in [4.78, 5) is 22.9. The Hall–Kier alpha value is -1.22. The highest BCUT2D eigenvalue weighted by molar-refractivity contribution is 5.89. The van der Waals surface area contributed by atoms with Crippen molar-refractivity contribution in [2.45, 2.75) is 51.1 Å². The summed E-state index contributed by atoms with van der Waals surface area (Å²) in [5.74, 6) is -2.69. The number of aliphatic carboxylic acids is 1. The summed E-state index contributed by atoms with van der Waals surface area (Å²) in [6, 6.07) is -0.965. The molecule has 0 bridgehead atoms. The maximum Gasteiger partial charge on any atom is 0.347 e. The molecule has 112 valence electrons. The molecule has 8 N–H and O–H groups in total. The second-order valence-corrected chi connectivity index (χ2v) is 4.85. The van der Waals surface area contributed by atoms with Crippen LogP contribution in [-0.2, 0) is 9.59 Å². The van der Waals surface area contributed by atoms with E-state index in [2.05, 4.69) is 0 Å². The second-order valence-electron chi connectivity index (χ2n) is 4.85. The molecule has 0 fully saturated rings. The lowest BCUT2D eigenvalue weighted by molar-refractivity contribution is -0.158. The molecular weight excluding hydrogens is 254 g/mol. The molecule has 0 saturated carbocycles. The fraction of sp³-hybridized carbons (Fsp3) is 0.818. The third-order valence-electron chi connectivity index (χ3n) is 2.95. The van der Waals surface area contributed by atoms with Crippen LogP contribution in [0, 0.1) is 5.92 Å². The number of aliphatic hydroxyl groups is 2. The van der Waals surface area contributed by atoms with Crippen molar-refractivity contribution in [3.8, 4) is 0 Å². The van der Waals surface area contributed by atoms with Gasteiger partial charge in [-0.25, -0.2) is 4.79 Å². The SMILES string of the molecule is CCC(O)C(O)C(N)(NC(=O)[C@@H](N)C(C)C)C(=O)O. The summed E-state index contributed by atoms with van der Waals surface area (Å²) in [6.07, 6.45) is -3.14. The van der Waals surface area contributed by atoms with E-state index in [1.54, 1.807) is 13.8 Å². The van der Waals surface area contributed by atoms with Crippen molar-refractivity contribution in [2.75, 3.05) is 0 Å². The van der Waals surface area contributed by atoms with Gasteiger partial charge >= 0.3 is 5.97 Å². The quantitative estimate of drug-likeness (QED) is 0.292. The normalized spacial score (nSPS) is 19.4. The summed E-state index contributed by atoms with van der Waals surface area (Å²) in [6.45, 7) is 4.90. The molecule has 8 heteroatoms. The van der Waals surface area contributed by atoms with Crippen LogP contribution in [0.2, 0.25) is 0 Å². The van der Waals surface area contributed by atoms with Crippen molar-refractivity contribution in [3.05, 3.63) is 0 Å². The molecule has 4 atom stereocenters. The Morgan fingerprint density at radius 1 is 1.32 bits per heavy atom. The van der Waals surface area contributed by atoms with Gasteiger partial charge in [-0.3, -0.25) is 10.5 Å². The van der Waals surface area contributed by atoms with E-state index in [4.69, 9.17) is 16.6 Å². The Morgan fingerprint density at radius 2 is 1.79 bits per heavy atom. The molecular formula is C11H23N3O5. The van der Waals surface area contributed by atoms with Gasteiger partial charge in [-0.1, -0.05) is 20.8 Å². The van der Waals surface area contributed by atoms with Gasteiger partial charge in [-0.05, 0) is 12.3 Å². The molecule has 0 aliphatic rings. The standard InChI is InChI=1S/C11H23N3O5/c1-4-6(15)8(16)11(13,10(18)19)14-9(17)7(12)5(2)3/h5-8,15-16H,4,12-13H2,1-3H3,(H,14,17)(H,18,19)/t6?,7-,8?,11?/m0/s1. The number of carboxylic acids is 1. The van der Waals surface area contributed by atoms with Crippen molar-refractivity contribution in [1.82, 2.24) is 5.32 Å². The van der Waals surface area contributed by atoms with Crippen molar-refractivity contribution in [3.63, 3.8) is 0 Å². The van der Waals surface area contributed by atoms with Crippen LogP contribution >= 0.6 is 0 Å². The molecule has 8 nitrogen and oxygen atoms in total. The number of carbonyl (C=O) groups excluding carboxylic acids is 1. The van der Waals surface area contributed by atoms with Gasteiger partial charge in [0.25, 0.3) is 0 Å². The van der Waals surface area contributed by atoms with Gasteiger partial charge in [-0.2, -0.15) is 0 Å². The Balaban J connectivity index is 5.12. The van der Waals surface area contributed by atoms with E-state index in [-0.39, 0.29) is 12.3 Å². The van der Waals surface area contributed by atoms with Crippen LogP contribution < -0.4 is 16.8 Å². The lowest BCUT2D eigenvalue weighted by atomic mass is 9.95. The van der Waals surface area contributed by atoms with Crippen molar-refractivity contribution in [1.29, 1.82) is 0 Å². The third kappa shape index (κ3) is 4.13. The fourth-order valence-corrected chi connectivity index (χ4v) is 1.37. The minimum absolute atomic E-state index is 0.0828. The lowest BCUT2D eigenvalue weighted by Gasteiger charge is -2.34. The van der Waals surface area contributed by atoms with Crippen molar-refractivity contribution >= 4 is 11.9 Å². The van der Waals surface area contributed by atoms with Gasteiger partial charge < -0.3 is 26.4 Å². The van der Waals surface area contributed by atoms with E-state index in [1.807, 2.05) is 5.32 Å². The van der Waals surface area contributed by atoms with Gasteiger partial charge in [0.15, 0.2) is 0 Å². The second kappa shape index (κ2) is 6.80. The molecule has 0 rings (SSSR count). The number of carbonyl (C=O) groups is 2. The number of carboxylic acid groups (broad SMARTS) is 1. The van der Waals surface area contributed by atoms with Crippen LogP contribution in [0.1, 0.15) is 27.2 Å². The third-order valence-corrected chi connectivity index (χ3v) is 2.95. The van der Waals surface area contributed by atoms with Crippen molar-refractivity contribution < 1.29 is 24.9 Å². The van der Waals surface area contributed by atoms with Crippen LogP contribution in [0.25, 0.3) is 0 Å². The minimum atomic E-state index is -2.49. The van der Waals surface area contributed by atoms with Gasteiger partial charge in [0.1, 0.15) is 6.10 Å². The predicted molar refractivity (Wildman–Crippen MR) is 67.8 cm³/mol. The minimum Gasteiger partial charge on any atom is -0.478 e. The average molecular weight is 277 g/mol. The average Bonchev–Trinajstić information content (AvgIpc) is 2.34. The summed E-state index contributed by atoms with van der Waals surface area (Å²) in [5, 5.41) is 30.3. The molecule has 3 unspecified atom stereocenters. The molecule has 19 heavy (non-hydrogen) atoms. The van der Waals surface area contributed by atoms with Crippen LogP contribution in [0.15, 0.2) is 0 Å². The highest BCUT2D eigenvalue weighted by Crippen LogP contribution is 2.12. The Labute approximate surface area is 111 Å². The number of hydrogen-bond donors (Lipinski definition) is 6. The molecule has 0 aromatic carbocycles. The molecule has 0 aliphatic carbocycles. The van der Waals surface area contributed by atoms with Crippen LogP contribution in [0.5, 0.6) is 0 Å². The zero-order valence-electron chi connectivity index (χ0n) is 11.3. The summed E-state index contributed by atoms with van der Waals surface area (Å²) in [5.41, 5.74) is 8.59. The van der Waals surface area contributed by atoms with E-state index in [0.717, 1.165) is 0 Å². The van der Waals surface area contributed by atoms with Gasteiger partial charge in [0.05, 0.1) is 12.1 Å². The number of nitrogens with two attached hydrogens (primary N) is 2. The number of nitrogens with one attached hydrogen (secondary N) is 1. The van der Waals surface area contributed by atoms with E-state index in [9.17, 15) is 19.8 Å². The van der Waals surface area contributed by atoms with Gasteiger partial charge in [0, 0.05) is 0 Å². The highest BCUT2D eigenvalue weighted by atomic mass is 16.4. The van der Waals surface area contributed by atoms with Crippen molar-refractivity contribution in [2.24, 2.45) is 17.4 Å². The molecule has 0 saturated heterocycles. The number of aliphatic hydroxyl groups excluding tert-OH is 2. The Kier molecular flexibility index (Phi) is 6.37. The first-order valence-electron chi connectivity index (χ1n) is 6.03. The lowest BCUT2D eigenvalue weighted by Crippen LogP contribution is -2.72. The summed E-state index contributed by atoms with van der Waals surface area (Å²) < 4.78 is 0. The van der Waals surface area contributed by atoms with Gasteiger partial charge in [0.2, 0.25) is 11.6 Å². The van der Waals surface area contributed by atoms with E-state index >= 15 is 0 Å². The van der Waals surface area contributed by atoms with E-state index in [0.29, 0.717) is 0 Å². The first kappa shape index (κ1) is 17.8. The molecule has 0 radical (unpaired) electrons. The maximum absolute atomic E-state index is 11.7.